The normalized spacial score (nSPS) is 29.9. The average Bonchev–Trinajstić information content (AvgIpc) is 3.11. The lowest BCUT2D eigenvalue weighted by Gasteiger charge is -2.32. The summed E-state index contributed by atoms with van der Waals surface area (Å²) in [4.78, 5) is 11.0. The quantitative estimate of drug-likeness (QED) is 0.875. The molecular weight excluding hydrogens is 359 g/mol. The molecule has 25 heavy (non-hydrogen) atoms. The second-order valence-electron chi connectivity index (χ2n) is 6.59. The highest BCUT2D eigenvalue weighted by Gasteiger charge is 2.63. The standard InChI is InChI=1S/C16H18F3NO4S/c1-2-15(14(21)22)9-10-7-8-13(15)20(10)25(23,24)12-6-4-3-5-11(12)16(17,18)19/h3-6,10,13H,2,7-9H2,1H3,(H,21,22)/t10-,13+,15+/m0/s1. The Morgan fingerprint density at radius 3 is 2.48 bits per heavy atom. The maximum atomic E-state index is 13.2. The Morgan fingerprint density at radius 1 is 1.32 bits per heavy atom. The first-order chi connectivity index (χ1) is 11.6. The molecule has 5 nitrogen and oxygen atoms in total. The smallest absolute Gasteiger partial charge is 0.417 e. The third kappa shape index (κ3) is 2.55. The highest BCUT2D eigenvalue weighted by molar-refractivity contribution is 7.89. The number of nitrogens with zero attached hydrogens (tertiary/aromatic N) is 1. The fraction of sp³-hybridized carbons (Fsp3) is 0.562. The molecule has 138 valence electrons. The van der Waals surface area contributed by atoms with Crippen LogP contribution in [0.1, 0.15) is 38.2 Å². The van der Waals surface area contributed by atoms with Gasteiger partial charge in [-0.15, -0.1) is 0 Å². The Bertz CT molecular complexity index is 808. The second-order valence-corrected chi connectivity index (χ2v) is 8.41. The summed E-state index contributed by atoms with van der Waals surface area (Å²) >= 11 is 0. The van der Waals surface area contributed by atoms with Gasteiger partial charge in [0.05, 0.1) is 15.9 Å². The lowest BCUT2D eigenvalue weighted by atomic mass is 9.72. The van der Waals surface area contributed by atoms with E-state index in [1.54, 1.807) is 6.92 Å². The first kappa shape index (κ1) is 18.2. The zero-order valence-corrected chi connectivity index (χ0v) is 14.3. The molecule has 1 N–H and O–H groups in total. The molecule has 0 saturated carbocycles. The molecule has 3 atom stereocenters. The number of alkyl halides is 3. The number of aliphatic carboxylic acids is 1. The zero-order chi connectivity index (χ0) is 18.6. The first-order valence-corrected chi connectivity index (χ1v) is 9.43. The van der Waals surface area contributed by atoms with Crippen molar-refractivity contribution >= 4 is 16.0 Å². The van der Waals surface area contributed by atoms with Crippen molar-refractivity contribution in [3.8, 4) is 0 Å². The van der Waals surface area contributed by atoms with Gasteiger partial charge in [-0.3, -0.25) is 4.79 Å². The van der Waals surface area contributed by atoms with Crippen molar-refractivity contribution in [2.24, 2.45) is 5.41 Å². The predicted octanol–water partition coefficient (Wildman–Crippen LogP) is 3.11. The Labute approximate surface area is 143 Å². The van der Waals surface area contributed by atoms with Crippen LogP contribution in [0.3, 0.4) is 0 Å². The van der Waals surface area contributed by atoms with Gasteiger partial charge in [-0.2, -0.15) is 17.5 Å². The van der Waals surface area contributed by atoms with Crippen molar-refractivity contribution in [3.05, 3.63) is 29.8 Å². The van der Waals surface area contributed by atoms with Crippen molar-refractivity contribution in [2.45, 2.75) is 55.8 Å². The van der Waals surface area contributed by atoms with Crippen molar-refractivity contribution in [2.75, 3.05) is 0 Å². The Morgan fingerprint density at radius 2 is 1.96 bits per heavy atom. The highest BCUT2D eigenvalue weighted by Crippen LogP contribution is 2.54. The summed E-state index contributed by atoms with van der Waals surface area (Å²) in [5.41, 5.74) is -2.46. The number of sulfonamides is 1. The molecule has 0 aromatic heterocycles. The largest absolute Gasteiger partial charge is 0.481 e. The molecule has 0 aliphatic carbocycles. The molecule has 0 radical (unpaired) electrons. The maximum absolute atomic E-state index is 13.2. The van der Waals surface area contributed by atoms with Crippen molar-refractivity contribution in [1.29, 1.82) is 0 Å². The van der Waals surface area contributed by atoms with E-state index in [2.05, 4.69) is 0 Å². The molecule has 2 fully saturated rings. The summed E-state index contributed by atoms with van der Waals surface area (Å²) < 4.78 is 66.8. The summed E-state index contributed by atoms with van der Waals surface area (Å²) in [5, 5.41) is 9.62. The molecule has 1 aromatic rings. The van der Waals surface area contributed by atoms with Crippen LogP contribution in [0.5, 0.6) is 0 Å². The molecule has 1 aromatic carbocycles. The minimum absolute atomic E-state index is 0.136. The maximum Gasteiger partial charge on any atom is 0.417 e. The number of carbonyl (C=O) groups is 1. The number of carboxylic acids is 1. The van der Waals surface area contributed by atoms with Gasteiger partial charge in [0.15, 0.2) is 0 Å². The summed E-state index contributed by atoms with van der Waals surface area (Å²) in [5.74, 6) is -1.09. The van der Waals surface area contributed by atoms with Gasteiger partial charge < -0.3 is 5.11 Å². The van der Waals surface area contributed by atoms with Gasteiger partial charge in [-0.25, -0.2) is 8.42 Å². The molecule has 3 rings (SSSR count). The number of carboxylic acid groups (broad SMARTS) is 1. The van der Waals surface area contributed by atoms with Crippen molar-refractivity contribution in [3.63, 3.8) is 0 Å². The van der Waals surface area contributed by atoms with Gasteiger partial charge in [-0.1, -0.05) is 19.1 Å². The van der Waals surface area contributed by atoms with Gasteiger partial charge in [0.25, 0.3) is 0 Å². The van der Waals surface area contributed by atoms with Crippen LogP contribution < -0.4 is 0 Å². The topological polar surface area (TPSA) is 74.7 Å². The summed E-state index contributed by atoms with van der Waals surface area (Å²) in [6.45, 7) is 1.67. The summed E-state index contributed by atoms with van der Waals surface area (Å²) in [6.07, 6.45) is -3.63. The monoisotopic (exact) mass is 377 g/mol. The van der Waals surface area contributed by atoms with Gasteiger partial charge in [-0.05, 0) is 37.8 Å². The second kappa shape index (κ2) is 5.70. The molecule has 0 unspecified atom stereocenters. The van der Waals surface area contributed by atoms with Crippen LogP contribution in [-0.2, 0) is 21.0 Å². The Kier molecular flexibility index (Phi) is 4.15. The van der Waals surface area contributed by atoms with Crippen LogP contribution in [-0.4, -0.2) is 35.9 Å². The molecule has 2 aliphatic heterocycles. The number of fused-ring (bicyclic) bond motifs is 2. The van der Waals surface area contributed by atoms with Crippen LogP contribution in [0.2, 0.25) is 0 Å². The van der Waals surface area contributed by atoms with Crippen LogP contribution in [0.25, 0.3) is 0 Å². The van der Waals surface area contributed by atoms with E-state index in [9.17, 15) is 31.5 Å². The van der Waals surface area contributed by atoms with Crippen molar-refractivity contribution < 1.29 is 31.5 Å². The average molecular weight is 377 g/mol. The van der Waals surface area contributed by atoms with E-state index in [0.29, 0.717) is 12.8 Å². The third-order valence-electron chi connectivity index (χ3n) is 5.48. The van der Waals surface area contributed by atoms with Gasteiger partial charge in [0.2, 0.25) is 10.0 Å². The summed E-state index contributed by atoms with van der Waals surface area (Å²) in [6, 6.07) is 2.65. The van der Waals surface area contributed by atoms with E-state index in [1.165, 1.54) is 6.07 Å². The lowest BCUT2D eigenvalue weighted by Crippen LogP contribution is -2.45. The van der Waals surface area contributed by atoms with Gasteiger partial charge in [0.1, 0.15) is 0 Å². The van der Waals surface area contributed by atoms with Crippen LogP contribution in [0.4, 0.5) is 13.2 Å². The first-order valence-electron chi connectivity index (χ1n) is 7.99. The van der Waals surface area contributed by atoms with Crippen LogP contribution in [0.15, 0.2) is 29.2 Å². The van der Waals surface area contributed by atoms with E-state index < -0.39 is 50.1 Å². The molecule has 0 amide bonds. The van der Waals surface area contributed by atoms with Crippen molar-refractivity contribution in [1.82, 2.24) is 4.31 Å². The fourth-order valence-electron chi connectivity index (χ4n) is 4.29. The zero-order valence-electron chi connectivity index (χ0n) is 13.5. The highest BCUT2D eigenvalue weighted by atomic mass is 32.2. The number of hydrogen-bond acceptors (Lipinski definition) is 3. The van der Waals surface area contributed by atoms with E-state index >= 15 is 0 Å². The molecule has 2 bridgehead atoms. The number of benzene rings is 1. The fourth-order valence-corrected chi connectivity index (χ4v) is 6.45. The van der Waals surface area contributed by atoms with E-state index in [1.807, 2.05) is 0 Å². The number of hydrogen-bond donors (Lipinski definition) is 1. The third-order valence-corrected chi connectivity index (χ3v) is 7.50. The molecule has 2 aliphatic rings. The SMILES string of the molecule is CC[C@@]1(C(=O)O)C[C@@H]2CC[C@H]1N2S(=O)(=O)c1ccccc1C(F)(F)F. The lowest BCUT2D eigenvalue weighted by molar-refractivity contribution is -0.151. The van der Waals surface area contributed by atoms with E-state index in [0.717, 1.165) is 22.5 Å². The minimum Gasteiger partial charge on any atom is -0.481 e. The van der Waals surface area contributed by atoms with Gasteiger partial charge >= 0.3 is 12.1 Å². The van der Waals surface area contributed by atoms with Gasteiger partial charge in [0, 0.05) is 12.1 Å². The van der Waals surface area contributed by atoms with Crippen LogP contribution >= 0.6 is 0 Å². The Balaban J connectivity index is 2.11. The van der Waals surface area contributed by atoms with E-state index in [4.69, 9.17) is 0 Å². The van der Waals surface area contributed by atoms with E-state index in [-0.39, 0.29) is 12.8 Å². The molecule has 2 saturated heterocycles. The minimum atomic E-state index is -4.81. The van der Waals surface area contributed by atoms with Crippen LogP contribution in [0, 0.1) is 5.41 Å². The number of halogens is 3. The molecule has 9 heteroatoms. The predicted molar refractivity (Wildman–Crippen MR) is 82.3 cm³/mol. The molecule has 0 spiro atoms. The molecular formula is C16H18F3NO4S. The summed E-state index contributed by atoms with van der Waals surface area (Å²) in [7, 11) is -4.45. The molecule has 2 heterocycles. The Hall–Kier alpha value is -1.61. The number of rotatable bonds is 4.